The summed E-state index contributed by atoms with van der Waals surface area (Å²) in [5.74, 6) is 0.101. The van der Waals surface area contributed by atoms with E-state index in [1.54, 1.807) is 43.1 Å². The van der Waals surface area contributed by atoms with Crippen LogP contribution < -0.4 is 5.32 Å². The highest BCUT2D eigenvalue weighted by Crippen LogP contribution is 2.13. The van der Waals surface area contributed by atoms with E-state index >= 15 is 0 Å². The molecule has 0 heterocycles. The molecule has 1 rings (SSSR count). The molecule has 7 heteroatoms. The maximum absolute atomic E-state index is 11.9. The van der Waals surface area contributed by atoms with Crippen LogP contribution in [-0.2, 0) is 21.1 Å². The van der Waals surface area contributed by atoms with Gasteiger partial charge in [-0.3, -0.25) is 4.79 Å². The van der Waals surface area contributed by atoms with Crippen LogP contribution in [-0.4, -0.2) is 52.2 Å². The highest BCUT2D eigenvalue weighted by atomic mass is 35.5. The molecule has 21 heavy (non-hydrogen) atoms. The number of hydrogen-bond acceptors (Lipinski definition) is 4. The van der Waals surface area contributed by atoms with Gasteiger partial charge in [0.15, 0.2) is 9.84 Å². The summed E-state index contributed by atoms with van der Waals surface area (Å²) in [6.07, 6.45) is 0.284. The summed E-state index contributed by atoms with van der Waals surface area (Å²) < 4.78 is 23.4. The number of nitrogens with one attached hydrogen (secondary N) is 1. The van der Waals surface area contributed by atoms with Crippen LogP contribution in [0, 0.1) is 0 Å². The Bertz CT molecular complexity index is 544. The van der Waals surface area contributed by atoms with E-state index in [4.69, 9.17) is 0 Å². The first-order valence-corrected chi connectivity index (χ1v) is 8.26. The summed E-state index contributed by atoms with van der Waals surface area (Å²) in [4.78, 5) is 13.9. The number of amides is 1. The number of likely N-dealkylation sites (N-methyl/N-ethyl adjacent to an activating group) is 2. The quantitative estimate of drug-likeness (QED) is 0.811. The Morgan fingerprint density at radius 3 is 2.29 bits per heavy atom. The van der Waals surface area contributed by atoms with Crippen molar-refractivity contribution < 1.29 is 13.2 Å². The Morgan fingerprint density at radius 1 is 1.24 bits per heavy atom. The summed E-state index contributed by atoms with van der Waals surface area (Å²) in [5.41, 5.74) is 0.821. The number of carbonyl (C=O) groups is 1. The minimum Gasteiger partial charge on any atom is -0.344 e. The van der Waals surface area contributed by atoms with Crippen LogP contribution in [0.3, 0.4) is 0 Å². The fourth-order valence-electron chi connectivity index (χ4n) is 1.70. The van der Waals surface area contributed by atoms with Crippen LogP contribution in [0.5, 0.6) is 0 Å². The molecule has 0 saturated carbocycles. The van der Waals surface area contributed by atoms with Gasteiger partial charge in [-0.15, -0.1) is 12.4 Å². The minimum atomic E-state index is -3.18. The monoisotopic (exact) mass is 334 g/mol. The molecule has 1 N–H and O–H groups in total. The highest BCUT2D eigenvalue weighted by molar-refractivity contribution is 7.91. The molecule has 1 aromatic rings. The molecular formula is C14H23ClN2O3S. The first-order chi connectivity index (χ1) is 9.40. The van der Waals surface area contributed by atoms with E-state index in [0.717, 1.165) is 12.1 Å². The van der Waals surface area contributed by atoms with Gasteiger partial charge in [0.05, 0.1) is 17.1 Å². The summed E-state index contributed by atoms with van der Waals surface area (Å²) in [5, 5.41) is 2.99. The molecule has 0 bridgehead atoms. The average Bonchev–Trinajstić information content (AvgIpc) is 2.45. The van der Waals surface area contributed by atoms with Crippen molar-refractivity contribution in [2.75, 3.05) is 32.9 Å². The number of sulfone groups is 1. The fraction of sp³-hybridized carbons (Fsp3) is 0.500. The number of benzene rings is 1. The maximum atomic E-state index is 11.9. The van der Waals surface area contributed by atoms with Crippen molar-refractivity contribution in [2.24, 2.45) is 0 Å². The van der Waals surface area contributed by atoms with E-state index < -0.39 is 9.84 Å². The zero-order valence-electron chi connectivity index (χ0n) is 12.6. The summed E-state index contributed by atoms with van der Waals surface area (Å²) in [6, 6.07) is 6.53. The van der Waals surface area contributed by atoms with Crippen molar-refractivity contribution >= 4 is 28.2 Å². The smallest absolute Gasteiger partial charge is 0.226 e. The van der Waals surface area contributed by atoms with Crippen LogP contribution >= 0.6 is 12.4 Å². The Kier molecular flexibility index (Phi) is 8.54. The first kappa shape index (κ1) is 19.9. The average molecular weight is 335 g/mol. The van der Waals surface area contributed by atoms with Crippen LogP contribution in [0.4, 0.5) is 0 Å². The molecule has 1 aromatic carbocycles. The number of nitrogens with zero attached hydrogens (tertiary/aromatic N) is 1. The van der Waals surface area contributed by atoms with E-state index in [1.807, 2.05) is 7.05 Å². The van der Waals surface area contributed by atoms with E-state index in [-0.39, 0.29) is 30.5 Å². The second-order valence-electron chi connectivity index (χ2n) is 4.64. The van der Waals surface area contributed by atoms with Crippen LogP contribution in [0.15, 0.2) is 29.2 Å². The molecule has 0 saturated heterocycles. The molecule has 5 nitrogen and oxygen atoms in total. The largest absolute Gasteiger partial charge is 0.344 e. The normalized spacial score (nSPS) is 10.8. The number of rotatable bonds is 7. The predicted octanol–water partition coefficient (Wildman–Crippen LogP) is 1.12. The van der Waals surface area contributed by atoms with Crippen LogP contribution in [0.1, 0.15) is 12.5 Å². The topological polar surface area (TPSA) is 66.5 Å². The summed E-state index contributed by atoms with van der Waals surface area (Å²) >= 11 is 0. The predicted molar refractivity (Wildman–Crippen MR) is 86.7 cm³/mol. The third kappa shape index (κ3) is 6.03. The van der Waals surface area contributed by atoms with Gasteiger partial charge in [-0.25, -0.2) is 8.42 Å². The third-order valence-electron chi connectivity index (χ3n) is 3.14. The van der Waals surface area contributed by atoms with Gasteiger partial charge in [0.1, 0.15) is 0 Å². The zero-order valence-corrected chi connectivity index (χ0v) is 14.3. The lowest BCUT2D eigenvalue weighted by atomic mass is 10.1. The van der Waals surface area contributed by atoms with E-state index in [1.165, 1.54) is 0 Å². The molecule has 0 aliphatic rings. The molecule has 0 aliphatic heterocycles. The molecule has 0 radical (unpaired) electrons. The molecule has 0 aromatic heterocycles. The Hall–Kier alpha value is -1.11. The van der Waals surface area contributed by atoms with Gasteiger partial charge in [-0.05, 0) is 24.7 Å². The molecule has 0 atom stereocenters. The zero-order chi connectivity index (χ0) is 15.2. The van der Waals surface area contributed by atoms with Crippen molar-refractivity contribution in [3.05, 3.63) is 29.8 Å². The van der Waals surface area contributed by atoms with Gasteiger partial charge >= 0.3 is 0 Å². The lowest BCUT2D eigenvalue weighted by Gasteiger charge is -2.16. The van der Waals surface area contributed by atoms with Crippen molar-refractivity contribution in [2.45, 2.75) is 18.2 Å². The first-order valence-electron chi connectivity index (χ1n) is 6.61. The van der Waals surface area contributed by atoms with Crippen molar-refractivity contribution in [3.63, 3.8) is 0 Å². The Labute approximate surface area is 133 Å². The lowest BCUT2D eigenvalue weighted by molar-refractivity contribution is -0.129. The van der Waals surface area contributed by atoms with Crippen LogP contribution in [0.2, 0.25) is 0 Å². The van der Waals surface area contributed by atoms with Crippen molar-refractivity contribution in [1.29, 1.82) is 0 Å². The lowest BCUT2D eigenvalue weighted by Crippen LogP contribution is -2.33. The van der Waals surface area contributed by atoms with Gasteiger partial charge in [0.2, 0.25) is 5.91 Å². The van der Waals surface area contributed by atoms with E-state index in [2.05, 4.69) is 5.32 Å². The molecule has 0 fully saturated rings. The molecular weight excluding hydrogens is 312 g/mol. The van der Waals surface area contributed by atoms with Crippen molar-refractivity contribution in [1.82, 2.24) is 10.2 Å². The Balaban J connectivity index is 0.00000400. The van der Waals surface area contributed by atoms with Gasteiger partial charge < -0.3 is 10.2 Å². The number of hydrogen-bond donors (Lipinski definition) is 1. The second-order valence-corrected chi connectivity index (χ2v) is 6.92. The summed E-state index contributed by atoms with van der Waals surface area (Å²) in [6.45, 7) is 3.01. The SMILES string of the molecule is CCS(=O)(=O)c1ccc(CC(=O)N(C)CCNC)cc1.Cl. The number of halogens is 1. The molecule has 0 unspecified atom stereocenters. The fourth-order valence-corrected chi connectivity index (χ4v) is 2.58. The van der Waals surface area contributed by atoms with Gasteiger partial charge in [0, 0.05) is 20.1 Å². The molecule has 0 aliphatic carbocycles. The van der Waals surface area contributed by atoms with E-state index in [0.29, 0.717) is 11.4 Å². The van der Waals surface area contributed by atoms with Gasteiger partial charge in [-0.2, -0.15) is 0 Å². The highest BCUT2D eigenvalue weighted by Gasteiger charge is 2.13. The van der Waals surface area contributed by atoms with Crippen molar-refractivity contribution in [3.8, 4) is 0 Å². The number of carbonyl (C=O) groups excluding carboxylic acids is 1. The van der Waals surface area contributed by atoms with E-state index in [9.17, 15) is 13.2 Å². The van der Waals surface area contributed by atoms with Crippen LogP contribution in [0.25, 0.3) is 0 Å². The third-order valence-corrected chi connectivity index (χ3v) is 4.89. The Morgan fingerprint density at radius 2 is 1.81 bits per heavy atom. The summed E-state index contributed by atoms with van der Waals surface area (Å²) in [7, 11) is 0.423. The standard InChI is InChI=1S/C14H22N2O3S.ClH/c1-4-20(18,19)13-7-5-12(6-8-13)11-14(17)16(3)10-9-15-2;/h5-8,15H,4,9-11H2,1-3H3;1H. The molecule has 120 valence electrons. The van der Waals surface area contributed by atoms with Gasteiger partial charge in [0.25, 0.3) is 0 Å². The molecule has 0 spiro atoms. The second kappa shape index (κ2) is 9.02. The minimum absolute atomic E-state index is 0. The van der Waals surface area contributed by atoms with Gasteiger partial charge in [-0.1, -0.05) is 19.1 Å². The maximum Gasteiger partial charge on any atom is 0.226 e. The molecule has 1 amide bonds.